The van der Waals surface area contributed by atoms with Gasteiger partial charge in [0.25, 0.3) is 0 Å². The number of ketones is 1. The Hall–Kier alpha value is -4.85. The average molecular weight is 543 g/mol. The van der Waals surface area contributed by atoms with Gasteiger partial charge in [-0.1, -0.05) is 50.9 Å². The van der Waals surface area contributed by atoms with E-state index in [1.807, 2.05) is 12.1 Å². The van der Waals surface area contributed by atoms with Crippen LogP contribution in [0.3, 0.4) is 0 Å². The van der Waals surface area contributed by atoms with E-state index in [1.165, 1.54) is 6.26 Å². The van der Waals surface area contributed by atoms with E-state index in [-0.39, 0.29) is 31.2 Å². The Kier molecular flexibility index (Phi) is 8.38. The van der Waals surface area contributed by atoms with Gasteiger partial charge in [-0.3, -0.25) is 4.79 Å². The third-order valence-corrected chi connectivity index (χ3v) is 6.44. The van der Waals surface area contributed by atoms with Crippen molar-refractivity contribution in [2.45, 2.75) is 25.9 Å². The Bertz CT molecular complexity index is 1460. The fraction of sp³-hybridized carbons (Fsp3) is 0.219. The first kappa shape index (κ1) is 28.2. The highest BCUT2D eigenvalue weighted by Gasteiger charge is 2.53. The molecular formula is C32H30O8. The molecule has 2 aromatic carbocycles. The fourth-order valence-electron chi connectivity index (χ4n) is 4.50. The smallest absolute Gasteiger partial charge is 0.340 e. The highest BCUT2D eigenvalue weighted by atomic mass is 16.6. The maximum atomic E-state index is 13.0. The molecule has 206 valence electrons. The van der Waals surface area contributed by atoms with Gasteiger partial charge in [0.2, 0.25) is 0 Å². The maximum Gasteiger partial charge on any atom is 0.340 e. The van der Waals surface area contributed by atoms with Crippen molar-refractivity contribution in [3.8, 4) is 11.5 Å². The third kappa shape index (κ3) is 5.20. The van der Waals surface area contributed by atoms with Crippen LogP contribution in [0.2, 0.25) is 0 Å². The number of Topliss-reactive ketones (excluding diaryl/α,β-unsaturated/α-hetero) is 1. The lowest BCUT2D eigenvalue weighted by Gasteiger charge is -2.36. The summed E-state index contributed by atoms with van der Waals surface area (Å²) in [5, 5.41) is 0. The summed E-state index contributed by atoms with van der Waals surface area (Å²) in [6, 6.07) is 12.3. The minimum absolute atomic E-state index is 0.0210. The highest BCUT2D eigenvalue weighted by Crippen LogP contribution is 2.54. The van der Waals surface area contributed by atoms with Crippen molar-refractivity contribution >= 4 is 17.7 Å². The second kappa shape index (κ2) is 11.9. The van der Waals surface area contributed by atoms with E-state index in [0.717, 1.165) is 0 Å². The second-order valence-corrected chi connectivity index (χ2v) is 8.97. The number of ether oxygens (including phenoxy) is 5. The van der Waals surface area contributed by atoms with Crippen molar-refractivity contribution in [3.63, 3.8) is 0 Å². The van der Waals surface area contributed by atoms with Crippen molar-refractivity contribution in [2.24, 2.45) is 0 Å². The van der Waals surface area contributed by atoms with Crippen molar-refractivity contribution in [3.05, 3.63) is 120 Å². The average Bonchev–Trinajstić information content (AvgIpc) is 3.25. The molecular weight excluding hydrogens is 512 g/mol. The summed E-state index contributed by atoms with van der Waals surface area (Å²) in [7, 11) is 0. The molecule has 8 heteroatoms. The first-order valence-corrected chi connectivity index (χ1v) is 12.8. The number of esters is 2. The van der Waals surface area contributed by atoms with Crippen LogP contribution >= 0.6 is 0 Å². The minimum atomic E-state index is -1.34. The van der Waals surface area contributed by atoms with Crippen LogP contribution in [0.15, 0.2) is 103 Å². The number of hydrogen-bond acceptors (Lipinski definition) is 8. The van der Waals surface area contributed by atoms with Crippen molar-refractivity contribution in [1.29, 1.82) is 0 Å². The predicted octanol–water partition coefficient (Wildman–Crippen LogP) is 5.50. The van der Waals surface area contributed by atoms with Crippen molar-refractivity contribution in [2.75, 3.05) is 19.8 Å². The van der Waals surface area contributed by atoms with Gasteiger partial charge in [-0.05, 0) is 25.1 Å². The molecule has 1 unspecified atom stereocenters. The second-order valence-electron chi connectivity index (χ2n) is 8.97. The van der Waals surface area contributed by atoms with E-state index in [1.54, 1.807) is 56.3 Å². The Balaban J connectivity index is 1.72. The maximum absolute atomic E-state index is 13.0. The normalized spacial score (nSPS) is 17.0. The van der Waals surface area contributed by atoms with E-state index in [0.29, 0.717) is 51.5 Å². The lowest BCUT2D eigenvalue weighted by molar-refractivity contribution is -0.139. The van der Waals surface area contributed by atoms with Crippen LogP contribution < -0.4 is 9.47 Å². The highest BCUT2D eigenvalue weighted by molar-refractivity contribution is 5.97. The van der Waals surface area contributed by atoms with E-state index >= 15 is 0 Å². The zero-order valence-corrected chi connectivity index (χ0v) is 22.5. The van der Waals surface area contributed by atoms with Gasteiger partial charge in [-0.25, -0.2) is 9.59 Å². The number of benzene rings is 2. The van der Waals surface area contributed by atoms with Crippen LogP contribution in [0.5, 0.6) is 11.5 Å². The van der Waals surface area contributed by atoms with Crippen LogP contribution in [0, 0.1) is 0 Å². The zero-order valence-electron chi connectivity index (χ0n) is 22.5. The van der Waals surface area contributed by atoms with Gasteiger partial charge in [0.15, 0.2) is 11.4 Å². The lowest BCUT2D eigenvalue weighted by Crippen LogP contribution is -2.34. The molecule has 0 bridgehead atoms. The summed E-state index contributed by atoms with van der Waals surface area (Å²) >= 11 is 0. The summed E-state index contributed by atoms with van der Waals surface area (Å²) in [6.45, 7) is 15.1. The first-order valence-electron chi connectivity index (χ1n) is 12.8. The molecule has 0 amide bonds. The molecule has 0 radical (unpaired) electrons. The number of allylic oxidation sites excluding steroid dienone is 1. The Morgan fingerprint density at radius 3 is 2.52 bits per heavy atom. The van der Waals surface area contributed by atoms with Gasteiger partial charge in [-0.15, -0.1) is 0 Å². The summed E-state index contributed by atoms with van der Waals surface area (Å²) in [4.78, 5) is 36.8. The van der Waals surface area contributed by atoms with Gasteiger partial charge < -0.3 is 23.7 Å². The molecule has 0 fully saturated rings. The largest absolute Gasteiger partial charge is 0.496 e. The van der Waals surface area contributed by atoms with E-state index in [4.69, 9.17) is 23.7 Å². The van der Waals surface area contributed by atoms with Gasteiger partial charge in [-0.2, -0.15) is 0 Å². The monoisotopic (exact) mass is 542 g/mol. The molecule has 0 aliphatic carbocycles. The molecule has 1 atom stereocenters. The molecule has 1 spiro atoms. The summed E-state index contributed by atoms with van der Waals surface area (Å²) in [5.41, 5.74) is 1.29. The topological polar surface area (TPSA) is 97.4 Å². The predicted molar refractivity (Wildman–Crippen MR) is 148 cm³/mol. The van der Waals surface area contributed by atoms with Crippen molar-refractivity contribution < 1.29 is 38.1 Å². The minimum Gasteiger partial charge on any atom is -0.496 e. The molecule has 0 saturated carbocycles. The molecule has 0 saturated heterocycles. The number of fused-ring (bicyclic) bond motifs is 4. The van der Waals surface area contributed by atoms with Gasteiger partial charge in [0.05, 0.1) is 24.0 Å². The Morgan fingerprint density at radius 1 is 1.02 bits per heavy atom. The Labute approximate surface area is 232 Å². The lowest BCUT2D eigenvalue weighted by atomic mass is 9.77. The molecule has 8 nitrogen and oxygen atoms in total. The molecule has 4 rings (SSSR count). The van der Waals surface area contributed by atoms with E-state index in [9.17, 15) is 14.4 Å². The summed E-state index contributed by atoms with van der Waals surface area (Å²) in [6.07, 6.45) is 4.80. The third-order valence-electron chi connectivity index (χ3n) is 6.44. The van der Waals surface area contributed by atoms with Gasteiger partial charge >= 0.3 is 11.9 Å². The van der Waals surface area contributed by atoms with Crippen LogP contribution in [-0.2, 0) is 29.4 Å². The number of rotatable bonds is 12. The van der Waals surface area contributed by atoms with Crippen LogP contribution in [-0.4, -0.2) is 37.5 Å². The molecule has 2 heterocycles. The van der Waals surface area contributed by atoms with E-state index < -0.39 is 17.5 Å². The first-order chi connectivity index (χ1) is 19.3. The molecule has 2 aromatic rings. The summed E-state index contributed by atoms with van der Waals surface area (Å²) < 4.78 is 28.6. The molecule has 2 aliphatic rings. The van der Waals surface area contributed by atoms with Crippen molar-refractivity contribution in [1.82, 2.24) is 0 Å². The molecule has 2 aliphatic heterocycles. The van der Waals surface area contributed by atoms with Gasteiger partial charge in [0, 0.05) is 40.8 Å². The number of hydrogen-bond donors (Lipinski definition) is 0. The standard InChI is InChI=1S/C32H30O8/c1-6-24-28(15-16-36-18-21(5)30(34)37-8-3)39-29-17-22(38-19-20(4)27(33)7-2)13-14-26(29)32(24)25-12-10-9-11-23(25)31(35)40-32/h6,9-17H,1,4-5,7-8,18-19H2,2-3H3/b16-15+. The molecule has 0 aromatic heterocycles. The number of carbonyl (C=O) groups is 3. The summed E-state index contributed by atoms with van der Waals surface area (Å²) in [5.74, 6) is -0.00731. The fourth-order valence-corrected chi connectivity index (χ4v) is 4.50. The van der Waals surface area contributed by atoms with Crippen LogP contribution in [0.1, 0.15) is 41.8 Å². The molecule has 0 N–H and O–H groups in total. The SMILES string of the molecule is C=CC1=C(/C=C/OCC(=C)C(=O)OCC)Oc2cc(OCC(=C)C(=O)CC)ccc2C12OC(=O)c1ccccc12. The van der Waals surface area contributed by atoms with Crippen LogP contribution in [0.25, 0.3) is 0 Å². The quantitative estimate of drug-likeness (QED) is 0.197. The molecule has 40 heavy (non-hydrogen) atoms. The van der Waals surface area contributed by atoms with E-state index in [2.05, 4.69) is 19.7 Å². The van der Waals surface area contributed by atoms with Gasteiger partial charge in [0.1, 0.15) is 30.5 Å². The Morgan fingerprint density at radius 2 is 1.80 bits per heavy atom. The number of carbonyl (C=O) groups excluding carboxylic acids is 3. The zero-order chi connectivity index (χ0) is 28.9. The van der Waals surface area contributed by atoms with Crippen LogP contribution in [0.4, 0.5) is 0 Å².